The molecule has 0 N–H and O–H groups in total. The second-order valence-electron chi connectivity index (χ2n) is 3.03. The average Bonchev–Trinajstić information content (AvgIpc) is 2.36. The van der Waals surface area contributed by atoms with Gasteiger partial charge in [-0.25, -0.2) is 4.21 Å². The van der Waals surface area contributed by atoms with Crippen LogP contribution in [0.4, 0.5) is 0 Å². The molecule has 0 fully saturated rings. The number of hydrogen-bond acceptors (Lipinski definition) is 4. The SMILES string of the molecule is C/C=C\C(=O)N(C)OOS(=O)c1ccccc1. The highest BCUT2D eigenvalue weighted by Gasteiger charge is 2.10. The fraction of sp³-hybridized carbons (Fsp3) is 0.182. The first-order valence-corrected chi connectivity index (χ1v) is 5.95. The molecule has 0 bridgehead atoms. The van der Waals surface area contributed by atoms with Crippen molar-refractivity contribution in [2.45, 2.75) is 11.8 Å². The number of hydrogen-bond donors (Lipinski definition) is 0. The van der Waals surface area contributed by atoms with Crippen LogP contribution in [0.5, 0.6) is 0 Å². The van der Waals surface area contributed by atoms with Crippen molar-refractivity contribution in [2.24, 2.45) is 0 Å². The van der Waals surface area contributed by atoms with Gasteiger partial charge in [0.25, 0.3) is 5.91 Å². The molecule has 0 saturated carbocycles. The number of allylic oxidation sites excluding steroid dienone is 1. The predicted octanol–water partition coefficient (Wildman–Crippen LogP) is 1.61. The zero-order chi connectivity index (χ0) is 12.7. The first-order chi connectivity index (χ1) is 8.15. The minimum atomic E-state index is -1.76. The van der Waals surface area contributed by atoms with Gasteiger partial charge in [0, 0.05) is 13.1 Å². The number of nitrogens with zero attached hydrogens (tertiary/aromatic N) is 1. The lowest BCUT2D eigenvalue weighted by atomic mass is 10.4. The summed E-state index contributed by atoms with van der Waals surface area (Å²) in [6, 6.07) is 8.51. The number of carbonyl (C=O) groups is 1. The fourth-order valence-electron chi connectivity index (χ4n) is 0.928. The van der Waals surface area contributed by atoms with E-state index < -0.39 is 17.0 Å². The lowest BCUT2D eigenvalue weighted by Gasteiger charge is -2.11. The summed E-state index contributed by atoms with van der Waals surface area (Å²) in [6.45, 7) is 1.70. The smallest absolute Gasteiger partial charge is 0.267 e. The summed E-state index contributed by atoms with van der Waals surface area (Å²) in [5.74, 6) is -0.405. The lowest BCUT2D eigenvalue weighted by molar-refractivity contribution is -0.335. The highest BCUT2D eigenvalue weighted by Crippen LogP contribution is 2.07. The maximum Gasteiger partial charge on any atom is 0.271 e. The third-order valence-electron chi connectivity index (χ3n) is 1.76. The van der Waals surface area contributed by atoms with Crippen LogP contribution in [-0.4, -0.2) is 22.2 Å². The van der Waals surface area contributed by atoms with Crippen LogP contribution >= 0.6 is 0 Å². The Balaban J connectivity index is 2.46. The van der Waals surface area contributed by atoms with E-state index in [0.717, 1.165) is 5.06 Å². The quantitative estimate of drug-likeness (QED) is 0.455. The molecule has 0 aliphatic rings. The van der Waals surface area contributed by atoms with Crippen LogP contribution in [0.1, 0.15) is 6.92 Å². The first-order valence-electron chi connectivity index (χ1n) is 4.87. The van der Waals surface area contributed by atoms with E-state index in [2.05, 4.69) is 9.32 Å². The van der Waals surface area contributed by atoms with Gasteiger partial charge in [-0.2, -0.15) is 5.06 Å². The maximum atomic E-state index is 11.5. The van der Waals surface area contributed by atoms with Gasteiger partial charge >= 0.3 is 0 Å². The van der Waals surface area contributed by atoms with Gasteiger partial charge in [0.15, 0.2) is 0 Å². The highest BCUT2D eigenvalue weighted by molar-refractivity contribution is 7.80. The molecule has 1 atom stereocenters. The van der Waals surface area contributed by atoms with Crippen LogP contribution in [0.2, 0.25) is 0 Å². The molecule has 1 aromatic rings. The summed E-state index contributed by atoms with van der Waals surface area (Å²) >= 11 is -1.76. The lowest BCUT2D eigenvalue weighted by Crippen LogP contribution is -2.25. The summed E-state index contributed by atoms with van der Waals surface area (Å²) in [5, 5.41) is 0.848. The second-order valence-corrected chi connectivity index (χ2v) is 4.10. The van der Waals surface area contributed by atoms with Crippen LogP contribution in [-0.2, 0) is 25.2 Å². The van der Waals surface area contributed by atoms with E-state index in [-0.39, 0.29) is 0 Å². The predicted molar refractivity (Wildman–Crippen MR) is 62.6 cm³/mol. The summed E-state index contributed by atoms with van der Waals surface area (Å²) in [7, 11) is 1.37. The molecule has 0 aromatic heterocycles. The van der Waals surface area contributed by atoms with Crippen LogP contribution in [0.25, 0.3) is 0 Å². The molecule has 1 amide bonds. The molecule has 0 spiro atoms. The maximum absolute atomic E-state index is 11.5. The van der Waals surface area contributed by atoms with E-state index >= 15 is 0 Å². The van der Waals surface area contributed by atoms with Crippen molar-refractivity contribution in [2.75, 3.05) is 7.05 Å². The van der Waals surface area contributed by atoms with Gasteiger partial charge in [0.05, 0.1) is 4.90 Å². The number of hydroxylamine groups is 2. The average molecular weight is 255 g/mol. The van der Waals surface area contributed by atoms with E-state index in [1.54, 1.807) is 43.3 Å². The molecule has 6 heteroatoms. The normalized spacial score (nSPS) is 12.6. The van der Waals surface area contributed by atoms with Crippen molar-refractivity contribution in [3.8, 4) is 0 Å². The molecule has 0 aliphatic carbocycles. The third kappa shape index (κ3) is 4.48. The van der Waals surface area contributed by atoms with E-state index in [1.165, 1.54) is 13.1 Å². The van der Waals surface area contributed by atoms with Gasteiger partial charge in [0.2, 0.25) is 11.1 Å². The Morgan fingerprint density at radius 2 is 2.00 bits per heavy atom. The zero-order valence-electron chi connectivity index (χ0n) is 9.53. The van der Waals surface area contributed by atoms with Gasteiger partial charge in [-0.15, -0.1) is 4.33 Å². The number of likely N-dealkylation sites (N-methyl/N-ethyl adjacent to an activating group) is 1. The van der Waals surface area contributed by atoms with Crippen molar-refractivity contribution in [1.82, 2.24) is 5.06 Å². The molecular formula is C11H13NO4S. The Kier molecular flexibility index (Phi) is 5.55. The molecule has 17 heavy (non-hydrogen) atoms. The van der Waals surface area contributed by atoms with Crippen molar-refractivity contribution in [3.05, 3.63) is 42.5 Å². The van der Waals surface area contributed by atoms with Crippen LogP contribution in [0.3, 0.4) is 0 Å². The standard InChI is InChI=1S/C11H13NO4S/c1-3-7-11(13)12(2)15-16-17(14)10-8-5-4-6-9-10/h3-9H,1-2H3/b7-3-. The molecule has 92 valence electrons. The number of benzene rings is 1. The van der Waals surface area contributed by atoms with Crippen molar-refractivity contribution < 1.29 is 18.3 Å². The van der Waals surface area contributed by atoms with Gasteiger partial charge in [0.1, 0.15) is 0 Å². The number of rotatable bonds is 5. The molecular weight excluding hydrogens is 242 g/mol. The van der Waals surface area contributed by atoms with Crippen LogP contribution in [0, 0.1) is 0 Å². The van der Waals surface area contributed by atoms with Gasteiger partial charge in [-0.05, 0) is 19.1 Å². The summed E-state index contributed by atoms with van der Waals surface area (Å²) in [6.07, 6.45) is 2.87. The van der Waals surface area contributed by atoms with Gasteiger partial charge < -0.3 is 0 Å². The monoisotopic (exact) mass is 255 g/mol. The van der Waals surface area contributed by atoms with E-state index in [4.69, 9.17) is 0 Å². The molecule has 1 unspecified atom stereocenters. The van der Waals surface area contributed by atoms with E-state index in [9.17, 15) is 9.00 Å². The van der Waals surface area contributed by atoms with Crippen molar-refractivity contribution in [1.29, 1.82) is 0 Å². The minimum Gasteiger partial charge on any atom is -0.267 e. The highest BCUT2D eigenvalue weighted by atomic mass is 32.2. The molecule has 1 aromatic carbocycles. The van der Waals surface area contributed by atoms with E-state index in [1.807, 2.05) is 0 Å². The number of amides is 1. The third-order valence-corrected chi connectivity index (χ3v) is 2.60. The molecule has 0 radical (unpaired) electrons. The fourth-order valence-corrected chi connectivity index (χ4v) is 1.53. The van der Waals surface area contributed by atoms with Crippen LogP contribution < -0.4 is 0 Å². The molecule has 1 rings (SSSR count). The van der Waals surface area contributed by atoms with Gasteiger partial charge in [-0.3, -0.25) is 4.79 Å². The largest absolute Gasteiger partial charge is 0.271 e. The van der Waals surface area contributed by atoms with Crippen LogP contribution in [0.15, 0.2) is 47.4 Å². The Hall–Kier alpha value is -1.50. The Morgan fingerprint density at radius 3 is 2.59 bits per heavy atom. The Bertz CT molecular complexity index is 419. The molecule has 5 nitrogen and oxygen atoms in total. The molecule has 0 heterocycles. The minimum absolute atomic E-state index is 0.405. The topological polar surface area (TPSA) is 55.8 Å². The Labute approximate surface area is 102 Å². The molecule has 0 saturated heterocycles. The summed E-state index contributed by atoms with van der Waals surface area (Å²) in [5.41, 5.74) is 0. The first kappa shape index (κ1) is 13.6. The molecule has 0 aliphatic heterocycles. The van der Waals surface area contributed by atoms with Crippen molar-refractivity contribution in [3.63, 3.8) is 0 Å². The van der Waals surface area contributed by atoms with E-state index in [0.29, 0.717) is 4.90 Å². The van der Waals surface area contributed by atoms with Crippen molar-refractivity contribution >= 4 is 17.0 Å². The summed E-state index contributed by atoms with van der Waals surface area (Å²) < 4.78 is 16.1. The zero-order valence-corrected chi connectivity index (χ0v) is 10.3. The summed E-state index contributed by atoms with van der Waals surface area (Å²) in [4.78, 5) is 16.3. The second kappa shape index (κ2) is 6.95. The Morgan fingerprint density at radius 1 is 1.35 bits per heavy atom. The van der Waals surface area contributed by atoms with Gasteiger partial charge in [-0.1, -0.05) is 29.3 Å². The number of carbonyl (C=O) groups excluding carboxylic acids is 1.